The molecular weight excluding hydrogens is 795 g/mol. The minimum absolute atomic E-state index is 0. The van der Waals surface area contributed by atoms with Crippen molar-refractivity contribution in [2.24, 2.45) is 21.0 Å². The number of aryl methyl sites for hydroxylation is 1. The normalized spacial score (nSPS) is 12.1. The number of nitrogens with one attached hydrogen (secondary N) is 2. The van der Waals surface area contributed by atoms with Crippen molar-refractivity contribution in [1.29, 1.82) is 0 Å². The molecular formula is C27H19FN9Na3O10S3. The van der Waals surface area contributed by atoms with Crippen LogP contribution in [-0.4, -0.2) is 59.9 Å². The van der Waals surface area contributed by atoms with E-state index >= 15 is 0 Å². The largest absolute Gasteiger partial charge is 1.00 e. The van der Waals surface area contributed by atoms with Gasteiger partial charge in [0, 0.05) is 16.8 Å². The Morgan fingerprint density at radius 3 is 1.98 bits per heavy atom. The summed E-state index contributed by atoms with van der Waals surface area (Å²) in [5.41, 5.74) is 5.43. The summed E-state index contributed by atoms with van der Waals surface area (Å²) < 4.78 is 119. The zero-order valence-corrected chi connectivity index (χ0v) is 36.3. The van der Waals surface area contributed by atoms with Gasteiger partial charge >= 0.3 is 94.8 Å². The molecule has 0 saturated heterocycles. The van der Waals surface area contributed by atoms with E-state index in [1.807, 2.05) is 0 Å². The van der Waals surface area contributed by atoms with Gasteiger partial charge in [0.05, 0.1) is 21.5 Å². The first kappa shape index (κ1) is 46.4. The van der Waals surface area contributed by atoms with Crippen molar-refractivity contribution in [1.82, 2.24) is 15.0 Å². The van der Waals surface area contributed by atoms with E-state index in [1.54, 1.807) is 31.2 Å². The van der Waals surface area contributed by atoms with Crippen LogP contribution >= 0.6 is 0 Å². The number of rotatable bonds is 10. The molecule has 53 heavy (non-hydrogen) atoms. The molecule has 0 fully saturated rings. The van der Waals surface area contributed by atoms with Gasteiger partial charge in [-0.1, -0.05) is 18.2 Å². The average Bonchev–Trinajstić information content (AvgIpc) is 2.99. The monoisotopic (exact) mass is 813 g/mol. The number of aliphatic imine (C=N–C) groups is 1. The maximum absolute atomic E-state index is 14.3. The molecule has 5 rings (SSSR count). The van der Waals surface area contributed by atoms with Crippen molar-refractivity contribution in [2.45, 2.75) is 21.6 Å². The summed E-state index contributed by atoms with van der Waals surface area (Å²) >= 11 is 0. The molecule has 260 valence electrons. The number of hydrogen-bond acceptors (Lipinski definition) is 17. The van der Waals surface area contributed by atoms with E-state index in [0.29, 0.717) is 23.9 Å². The molecule has 0 spiro atoms. The second-order valence-electron chi connectivity index (χ2n) is 10.0. The van der Waals surface area contributed by atoms with Crippen LogP contribution < -0.4 is 110 Å². The van der Waals surface area contributed by atoms with Crippen LogP contribution in [0.5, 0.6) is 0 Å². The number of fused-ring (bicyclic) bond motifs is 1. The van der Waals surface area contributed by atoms with Crippen LogP contribution in [0.15, 0.2) is 96.6 Å². The summed E-state index contributed by atoms with van der Waals surface area (Å²) in [7, 11) is -16.0. The van der Waals surface area contributed by atoms with Gasteiger partial charge in [0.15, 0.2) is 0 Å². The van der Waals surface area contributed by atoms with Gasteiger partial charge in [0.2, 0.25) is 11.9 Å². The van der Waals surface area contributed by atoms with Crippen LogP contribution in [-0.2, 0) is 30.4 Å². The second-order valence-corrected chi connectivity index (χ2v) is 14.1. The molecule has 5 N–H and O–H groups in total. The molecule has 4 aromatic carbocycles. The molecule has 1 aromatic heterocycles. The molecule has 0 bridgehead atoms. The van der Waals surface area contributed by atoms with Gasteiger partial charge in [-0.25, -0.2) is 21.8 Å². The SMILES string of the molecule is Cc1ccccc1Nc1nc(F)nc(Nc2ccc(N=Nc3cc4c(S(=O)(=O)[O-])cc(S(=O)(=O)[O-])cc4cc3S(=O)(=O)O)c(N=C(N)[O-])c2)n1.[Na+].[Na+].[Na+]. The predicted octanol–water partition coefficient (Wildman–Crippen LogP) is -6.25. The third-order valence-corrected chi connectivity index (χ3v) is 9.10. The number of benzene rings is 4. The molecule has 26 heteroatoms. The molecule has 5 aromatic rings. The summed E-state index contributed by atoms with van der Waals surface area (Å²) in [5, 5.41) is 23.7. The Balaban J connectivity index is 0.00000324. The number of amidine groups is 1. The third kappa shape index (κ3) is 11.9. The fraction of sp³-hybridized carbons (Fsp3) is 0.0370. The molecule has 0 unspecified atom stereocenters. The molecule has 1 heterocycles. The van der Waals surface area contributed by atoms with Crippen molar-refractivity contribution in [3.63, 3.8) is 0 Å². The van der Waals surface area contributed by atoms with Crippen LogP contribution in [0.4, 0.5) is 44.7 Å². The number of para-hydroxylation sites is 1. The Labute approximate surface area is 367 Å². The van der Waals surface area contributed by atoms with E-state index in [2.05, 4.69) is 40.8 Å². The maximum atomic E-state index is 14.3. The second kappa shape index (κ2) is 18.3. The number of aromatic nitrogens is 3. The summed E-state index contributed by atoms with van der Waals surface area (Å²) in [6.45, 7) is 1.81. The summed E-state index contributed by atoms with van der Waals surface area (Å²) in [6.07, 6.45) is -1.14. The van der Waals surface area contributed by atoms with Crippen molar-refractivity contribution in [3.8, 4) is 0 Å². The Bertz CT molecular complexity index is 2600. The number of anilines is 4. The minimum atomic E-state index is -5.47. The summed E-state index contributed by atoms with van der Waals surface area (Å²) in [6, 6.07) is 11.7. The molecule has 0 radical (unpaired) electrons. The van der Waals surface area contributed by atoms with E-state index in [1.165, 1.54) is 18.2 Å². The fourth-order valence-corrected chi connectivity index (χ4v) is 6.35. The Morgan fingerprint density at radius 2 is 1.40 bits per heavy atom. The molecule has 0 saturated carbocycles. The standard InChI is InChI=1S/C27H22FN9O10S3.3Na/c1-13-4-2-3-5-18(13)32-27-34-24(28)33-26(35-27)30-15-6-7-19(20(10-15)31-25(29)38)36-37-21-12-17-14(9-23(21)50(45,46)47)8-16(48(39,40)41)11-22(17)49(42,43)44;;;/h2-12H,1H3,(H3,29,31,38)(H,39,40,41)(H,42,43,44)(H,45,46,47)(H2,30,32,33,34,35);;;/q;3*+1/p-3. The number of nitrogens with zero attached hydrogens (tertiary/aromatic N) is 6. The molecule has 0 amide bonds. The van der Waals surface area contributed by atoms with Gasteiger partial charge in [-0.3, -0.25) is 4.55 Å². The van der Waals surface area contributed by atoms with Crippen LogP contribution in [0.2, 0.25) is 0 Å². The number of halogens is 1. The van der Waals surface area contributed by atoms with E-state index in [9.17, 15) is 48.4 Å². The quantitative estimate of drug-likeness (QED) is 0.0335. The summed E-state index contributed by atoms with van der Waals surface area (Å²) in [4.78, 5) is 11.5. The van der Waals surface area contributed by atoms with E-state index < -0.39 is 73.6 Å². The van der Waals surface area contributed by atoms with Crippen molar-refractivity contribution >= 4 is 87.5 Å². The van der Waals surface area contributed by atoms with Gasteiger partial charge in [0.1, 0.15) is 36.5 Å². The number of nitrogens with two attached hydrogens (primary N) is 1. The average molecular weight is 814 g/mol. The van der Waals surface area contributed by atoms with E-state index in [-0.39, 0.29) is 124 Å². The number of hydrogen-bond donors (Lipinski definition) is 4. The van der Waals surface area contributed by atoms with E-state index in [4.69, 9.17) is 5.73 Å². The van der Waals surface area contributed by atoms with Gasteiger partial charge < -0.3 is 30.6 Å². The first-order valence-electron chi connectivity index (χ1n) is 13.4. The van der Waals surface area contributed by atoms with Crippen LogP contribution in [0, 0.1) is 13.0 Å². The third-order valence-electron chi connectivity index (χ3n) is 6.53. The zero-order chi connectivity index (χ0) is 36.6. The van der Waals surface area contributed by atoms with Crippen LogP contribution in [0.25, 0.3) is 10.8 Å². The van der Waals surface area contributed by atoms with Gasteiger partial charge in [-0.05, 0) is 66.4 Å². The molecule has 0 atom stereocenters. The minimum Gasteiger partial charge on any atom is -0.846 e. The topological polar surface area (TPSA) is 318 Å². The van der Waals surface area contributed by atoms with Crippen molar-refractivity contribution in [3.05, 3.63) is 78.4 Å². The molecule has 19 nitrogen and oxygen atoms in total. The Kier molecular flexibility index (Phi) is 16.0. The Hall–Kier alpha value is -2.72. The fourth-order valence-electron chi connectivity index (χ4n) is 4.38. The van der Waals surface area contributed by atoms with Gasteiger partial charge in [-0.15, -0.1) is 10.2 Å². The first-order valence-corrected chi connectivity index (χ1v) is 17.6. The first-order chi connectivity index (χ1) is 23.3. The van der Waals surface area contributed by atoms with Crippen LogP contribution in [0.3, 0.4) is 0 Å². The maximum Gasteiger partial charge on any atom is 1.00 e. The Morgan fingerprint density at radius 1 is 0.774 bits per heavy atom. The molecule has 0 aliphatic heterocycles. The smallest absolute Gasteiger partial charge is 0.846 e. The summed E-state index contributed by atoms with van der Waals surface area (Å²) in [5.74, 6) is -0.426. The van der Waals surface area contributed by atoms with Gasteiger partial charge in [0.25, 0.3) is 10.1 Å². The zero-order valence-electron chi connectivity index (χ0n) is 27.8. The van der Waals surface area contributed by atoms with Gasteiger partial charge in [-0.2, -0.15) is 27.8 Å². The molecule has 0 aliphatic rings. The van der Waals surface area contributed by atoms with E-state index in [0.717, 1.165) is 5.56 Å². The predicted molar refractivity (Wildman–Crippen MR) is 169 cm³/mol. The number of azo groups is 1. The van der Waals surface area contributed by atoms with Crippen molar-refractivity contribution < 1.29 is 137 Å². The van der Waals surface area contributed by atoms with Crippen molar-refractivity contribution in [2.75, 3.05) is 10.6 Å². The molecule has 0 aliphatic carbocycles. The van der Waals surface area contributed by atoms with Crippen LogP contribution in [0.1, 0.15) is 5.56 Å².